The Labute approximate surface area is 212 Å². The molecule has 0 amide bonds. The first-order valence-corrected chi connectivity index (χ1v) is 12.0. The molecule has 1 unspecified atom stereocenters. The summed E-state index contributed by atoms with van der Waals surface area (Å²) < 4.78 is 4.52. The van der Waals surface area contributed by atoms with E-state index in [0.717, 1.165) is 32.8 Å². The Bertz CT molecular complexity index is 1850. The van der Waals surface area contributed by atoms with Gasteiger partial charge in [-0.15, -0.1) is 0 Å². The van der Waals surface area contributed by atoms with Gasteiger partial charge >= 0.3 is 5.69 Å². The largest absolute Gasteiger partial charge is 0.504 e. The highest BCUT2D eigenvalue weighted by atomic mass is 16.3. The number of aromatic nitrogens is 3. The number of hydrogen-bond acceptors (Lipinski definition) is 5. The molecule has 0 radical (unpaired) electrons. The van der Waals surface area contributed by atoms with Crippen molar-refractivity contribution in [2.24, 2.45) is 14.1 Å². The summed E-state index contributed by atoms with van der Waals surface area (Å²) in [7, 11) is 3.12. The molecule has 186 valence electrons. The predicted molar refractivity (Wildman–Crippen MR) is 143 cm³/mol. The number of hydrogen-bond donors (Lipinski definition) is 2. The second-order valence-corrected chi connectivity index (χ2v) is 9.60. The van der Waals surface area contributed by atoms with E-state index in [2.05, 4.69) is 17.0 Å². The fourth-order valence-electron chi connectivity index (χ4n) is 5.44. The van der Waals surface area contributed by atoms with Gasteiger partial charge in [0.2, 0.25) is 0 Å². The third kappa shape index (κ3) is 3.08. The molecule has 0 spiro atoms. The number of para-hydroxylation sites is 2. The Balaban J connectivity index is 1.86. The number of rotatable bonds is 2. The molecule has 3 heterocycles. The van der Waals surface area contributed by atoms with Crippen molar-refractivity contribution < 1.29 is 10.2 Å². The average molecular weight is 495 g/mol. The lowest BCUT2D eigenvalue weighted by Gasteiger charge is -2.41. The lowest BCUT2D eigenvalue weighted by Crippen LogP contribution is -2.37. The van der Waals surface area contributed by atoms with E-state index < -0.39 is 17.3 Å². The van der Waals surface area contributed by atoms with E-state index in [1.54, 1.807) is 25.4 Å². The van der Waals surface area contributed by atoms with Crippen molar-refractivity contribution >= 4 is 22.3 Å². The maximum atomic E-state index is 13.3. The van der Waals surface area contributed by atoms with Crippen LogP contribution in [-0.4, -0.2) is 23.9 Å². The van der Waals surface area contributed by atoms with Crippen molar-refractivity contribution in [2.75, 3.05) is 4.90 Å². The smallest absolute Gasteiger partial charge is 0.331 e. The molecule has 2 N–H and O–H groups in total. The molecular weight excluding hydrogens is 468 g/mol. The third-order valence-corrected chi connectivity index (χ3v) is 7.46. The zero-order chi connectivity index (χ0) is 26.2. The summed E-state index contributed by atoms with van der Waals surface area (Å²) in [5, 5.41) is 22.0. The molecule has 0 fully saturated rings. The van der Waals surface area contributed by atoms with Crippen molar-refractivity contribution in [3.05, 3.63) is 110 Å². The molecule has 0 saturated heterocycles. The van der Waals surface area contributed by atoms with E-state index in [1.165, 1.54) is 17.7 Å². The Kier molecular flexibility index (Phi) is 4.85. The Morgan fingerprint density at radius 1 is 0.811 bits per heavy atom. The summed E-state index contributed by atoms with van der Waals surface area (Å²) in [4.78, 5) is 28.5. The minimum Gasteiger partial charge on any atom is -0.504 e. The quantitative estimate of drug-likeness (QED) is 0.357. The van der Waals surface area contributed by atoms with Crippen molar-refractivity contribution in [1.82, 2.24) is 13.7 Å². The minimum absolute atomic E-state index is 0.247. The maximum absolute atomic E-state index is 13.3. The number of aromatic hydroxyl groups is 2. The molecule has 1 atom stereocenters. The van der Waals surface area contributed by atoms with Crippen molar-refractivity contribution in [3.63, 3.8) is 0 Å². The van der Waals surface area contributed by atoms with Crippen LogP contribution in [0.2, 0.25) is 0 Å². The normalized spacial score (nSPS) is 14.6. The van der Waals surface area contributed by atoms with Gasteiger partial charge in [0, 0.05) is 31.5 Å². The lowest BCUT2D eigenvalue weighted by molar-refractivity contribution is 0.397. The molecule has 5 aromatic rings. The number of phenolic OH excluding ortho intramolecular Hbond substituents is 2. The third-order valence-electron chi connectivity index (χ3n) is 7.46. The zero-order valence-electron chi connectivity index (χ0n) is 20.9. The Morgan fingerprint density at radius 3 is 2.19 bits per heavy atom. The summed E-state index contributed by atoms with van der Waals surface area (Å²) in [6, 6.07) is 18.1. The Hall–Kier alpha value is -4.72. The van der Waals surface area contributed by atoms with Crippen molar-refractivity contribution in [3.8, 4) is 17.2 Å². The van der Waals surface area contributed by atoms with Crippen LogP contribution in [0.15, 0.2) is 76.4 Å². The topological polar surface area (TPSA) is 92.6 Å². The van der Waals surface area contributed by atoms with Gasteiger partial charge in [0.1, 0.15) is 6.04 Å². The van der Waals surface area contributed by atoms with E-state index in [1.807, 2.05) is 48.7 Å². The van der Waals surface area contributed by atoms with Crippen LogP contribution in [0, 0.1) is 13.8 Å². The standard InChI is InChI=1S/C29H26N4O4/c1-16-13-21-22(14-17(16)2)33(18-9-6-5-7-10-18)25(19-11-8-12-23(34)27(19)35)26-24-20(15-32(21)26)28(36)31(4)29(37)30(24)3/h5-15,25,34-35H,1-4H3. The summed E-state index contributed by atoms with van der Waals surface area (Å²) in [6.45, 7) is 4.08. The summed E-state index contributed by atoms with van der Waals surface area (Å²) in [5.74, 6) is -0.501. The molecule has 8 nitrogen and oxygen atoms in total. The number of nitrogens with zero attached hydrogens (tertiary/aromatic N) is 4. The van der Waals surface area contributed by atoms with Crippen LogP contribution in [0.25, 0.3) is 16.6 Å². The van der Waals surface area contributed by atoms with E-state index >= 15 is 0 Å². The molecule has 6 rings (SSSR count). The highest BCUT2D eigenvalue weighted by molar-refractivity contribution is 5.89. The van der Waals surface area contributed by atoms with Crippen molar-refractivity contribution in [2.45, 2.75) is 19.9 Å². The second-order valence-electron chi connectivity index (χ2n) is 9.60. The summed E-state index contributed by atoms with van der Waals surface area (Å²) >= 11 is 0. The average Bonchev–Trinajstić information content (AvgIpc) is 3.29. The van der Waals surface area contributed by atoms with Gasteiger partial charge in [-0.1, -0.05) is 30.3 Å². The number of benzene rings is 3. The van der Waals surface area contributed by atoms with Gasteiger partial charge in [-0.3, -0.25) is 13.9 Å². The van der Waals surface area contributed by atoms with Crippen LogP contribution in [-0.2, 0) is 14.1 Å². The fraction of sp³-hybridized carbons (Fsp3) is 0.172. The first kappa shape index (κ1) is 22.7. The molecular formula is C29H26N4O4. The molecule has 0 saturated carbocycles. The highest BCUT2D eigenvalue weighted by Gasteiger charge is 2.39. The van der Waals surface area contributed by atoms with Gasteiger partial charge < -0.3 is 19.7 Å². The van der Waals surface area contributed by atoms with Gasteiger partial charge in [-0.25, -0.2) is 4.79 Å². The molecule has 2 aromatic heterocycles. The van der Waals surface area contributed by atoms with E-state index in [9.17, 15) is 19.8 Å². The number of fused-ring (bicyclic) bond motifs is 5. The first-order chi connectivity index (χ1) is 17.7. The lowest BCUT2D eigenvalue weighted by atomic mass is 9.94. The zero-order valence-corrected chi connectivity index (χ0v) is 20.9. The van der Waals surface area contributed by atoms with Crippen molar-refractivity contribution in [1.29, 1.82) is 0 Å². The Morgan fingerprint density at radius 2 is 1.49 bits per heavy atom. The van der Waals surface area contributed by atoms with E-state index in [0.29, 0.717) is 22.2 Å². The monoisotopic (exact) mass is 494 g/mol. The van der Waals surface area contributed by atoms with Crippen LogP contribution in [0.4, 0.5) is 11.4 Å². The van der Waals surface area contributed by atoms with Gasteiger partial charge in [-0.05, 0) is 55.3 Å². The van der Waals surface area contributed by atoms with Crippen LogP contribution in [0.1, 0.15) is 28.4 Å². The van der Waals surface area contributed by atoms with Gasteiger partial charge in [0.25, 0.3) is 5.56 Å². The number of aryl methyl sites for hydroxylation is 3. The predicted octanol–water partition coefficient (Wildman–Crippen LogP) is 4.30. The maximum Gasteiger partial charge on any atom is 0.331 e. The SMILES string of the molecule is Cc1cc2c(cc1C)-n1cc3c(=O)n(C)c(=O)n(C)c3c1C(c1cccc(O)c1O)N2c1ccccc1. The summed E-state index contributed by atoms with van der Waals surface area (Å²) in [6.07, 6.45) is 1.77. The van der Waals surface area contributed by atoms with E-state index in [4.69, 9.17) is 0 Å². The minimum atomic E-state index is -0.667. The van der Waals surface area contributed by atoms with Crippen LogP contribution in [0.5, 0.6) is 11.5 Å². The molecule has 37 heavy (non-hydrogen) atoms. The molecule has 0 aliphatic carbocycles. The molecule has 8 heteroatoms. The number of phenols is 2. The highest BCUT2D eigenvalue weighted by Crippen LogP contribution is 2.51. The van der Waals surface area contributed by atoms with Crippen LogP contribution >= 0.6 is 0 Å². The van der Waals surface area contributed by atoms with Gasteiger partial charge in [0.05, 0.1) is 28.0 Å². The van der Waals surface area contributed by atoms with Gasteiger partial charge in [-0.2, -0.15) is 0 Å². The molecule has 1 aliphatic heterocycles. The first-order valence-electron chi connectivity index (χ1n) is 12.0. The molecule has 0 bridgehead atoms. The number of anilines is 2. The van der Waals surface area contributed by atoms with Crippen LogP contribution in [0.3, 0.4) is 0 Å². The molecule has 1 aliphatic rings. The van der Waals surface area contributed by atoms with E-state index in [-0.39, 0.29) is 11.5 Å². The molecule has 3 aromatic carbocycles. The van der Waals surface area contributed by atoms with Gasteiger partial charge in [0.15, 0.2) is 11.5 Å². The second kappa shape index (κ2) is 7.89. The van der Waals surface area contributed by atoms with Crippen LogP contribution < -0.4 is 16.1 Å². The fourth-order valence-corrected chi connectivity index (χ4v) is 5.44. The summed E-state index contributed by atoms with van der Waals surface area (Å²) in [5.41, 5.74) is 5.48.